The van der Waals surface area contributed by atoms with E-state index >= 15 is 0 Å². The molecule has 8 heteroatoms. The van der Waals surface area contributed by atoms with Gasteiger partial charge in [-0.2, -0.15) is 16.1 Å². The maximum absolute atomic E-state index is 12.6. The van der Waals surface area contributed by atoms with Gasteiger partial charge in [0.1, 0.15) is 0 Å². The number of hydrogen-bond donors (Lipinski definition) is 1. The predicted molar refractivity (Wildman–Crippen MR) is 81.4 cm³/mol. The Kier molecular flexibility index (Phi) is 5.11. The van der Waals surface area contributed by atoms with Crippen LogP contribution in [0.15, 0.2) is 33.6 Å². The van der Waals surface area contributed by atoms with Gasteiger partial charge in [0, 0.05) is 28.6 Å². The molecule has 1 aliphatic rings. The first-order chi connectivity index (χ1) is 9.41. The lowest BCUT2D eigenvalue weighted by Gasteiger charge is -2.33. The molecule has 1 unspecified atom stereocenters. The molecule has 1 atom stereocenters. The summed E-state index contributed by atoms with van der Waals surface area (Å²) in [5.74, 6) is 0.224. The third kappa shape index (κ3) is 3.55. The molecule has 1 aromatic carbocycles. The molecular weight excluding hydrogens is 366 g/mol. The van der Waals surface area contributed by atoms with Crippen molar-refractivity contribution in [3.8, 4) is 0 Å². The van der Waals surface area contributed by atoms with Crippen molar-refractivity contribution in [3.05, 3.63) is 28.7 Å². The predicted octanol–water partition coefficient (Wildman–Crippen LogP) is 2.03. The Morgan fingerprint density at radius 1 is 1.40 bits per heavy atom. The first-order valence-electron chi connectivity index (χ1n) is 5.98. The van der Waals surface area contributed by atoms with Crippen molar-refractivity contribution in [1.82, 2.24) is 4.31 Å². The van der Waals surface area contributed by atoms with Crippen molar-refractivity contribution in [2.75, 3.05) is 18.1 Å². The smallest absolute Gasteiger partial charge is 0.305 e. The summed E-state index contributed by atoms with van der Waals surface area (Å²) in [5, 5.41) is 8.92. The molecule has 5 nitrogen and oxygen atoms in total. The second-order valence-corrected chi connectivity index (χ2v) is 8.35. The number of halogens is 1. The van der Waals surface area contributed by atoms with E-state index in [0.717, 1.165) is 4.47 Å². The van der Waals surface area contributed by atoms with Crippen molar-refractivity contribution in [2.45, 2.75) is 17.4 Å². The molecule has 0 bridgehead atoms. The Bertz CT molecular complexity index is 588. The van der Waals surface area contributed by atoms with Gasteiger partial charge in [-0.15, -0.1) is 0 Å². The van der Waals surface area contributed by atoms with Crippen LogP contribution in [0, 0.1) is 0 Å². The van der Waals surface area contributed by atoms with E-state index < -0.39 is 22.0 Å². The topological polar surface area (TPSA) is 74.7 Å². The molecule has 110 valence electrons. The molecule has 0 saturated carbocycles. The average Bonchev–Trinajstić information content (AvgIpc) is 2.39. The summed E-state index contributed by atoms with van der Waals surface area (Å²) in [6.07, 6.45) is -0.164. The monoisotopic (exact) mass is 379 g/mol. The van der Waals surface area contributed by atoms with Crippen molar-refractivity contribution < 1.29 is 18.3 Å². The van der Waals surface area contributed by atoms with Gasteiger partial charge < -0.3 is 5.11 Å². The number of carboxylic acids is 1. The number of hydrogen-bond acceptors (Lipinski definition) is 4. The molecule has 1 fully saturated rings. The molecule has 1 heterocycles. The van der Waals surface area contributed by atoms with Crippen molar-refractivity contribution in [1.29, 1.82) is 0 Å². The van der Waals surface area contributed by atoms with Gasteiger partial charge in [-0.25, -0.2) is 8.42 Å². The summed E-state index contributed by atoms with van der Waals surface area (Å²) in [6.45, 7) is 0.348. The zero-order valence-electron chi connectivity index (χ0n) is 10.5. The van der Waals surface area contributed by atoms with Crippen LogP contribution in [-0.2, 0) is 14.8 Å². The maximum Gasteiger partial charge on any atom is 0.305 e. The maximum atomic E-state index is 12.6. The molecule has 20 heavy (non-hydrogen) atoms. The number of sulfonamides is 1. The van der Waals surface area contributed by atoms with Crippen LogP contribution in [0.2, 0.25) is 0 Å². The molecule has 0 aromatic heterocycles. The SMILES string of the molecule is O=C(O)CC1CSCCN1S(=O)(=O)c1ccc(Br)cc1. The number of aliphatic carboxylic acids is 1. The molecule has 1 aliphatic heterocycles. The highest BCUT2D eigenvalue weighted by Gasteiger charge is 2.34. The highest BCUT2D eigenvalue weighted by molar-refractivity contribution is 9.10. The summed E-state index contributed by atoms with van der Waals surface area (Å²) in [4.78, 5) is 11.1. The van der Waals surface area contributed by atoms with E-state index in [1.165, 1.54) is 16.4 Å². The number of benzene rings is 1. The lowest BCUT2D eigenvalue weighted by Crippen LogP contribution is -2.46. The van der Waals surface area contributed by atoms with E-state index in [4.69, 9.17) is 5.11 Å². The Morgan fingerprint density at radius 2 is 2.05 bits per heavy atom. The fraction of sp³-hybridized carbons (Fsp3) is 0.417. The van der Waals surface area contributed by atoms with Crippen molar-refractivity contribution >= 4 is 43.7 Å². The van der Waals surface area contributed by atoms with E-state index in [1.54, 1.807) is 23.9 Å². The second kappa shape index (κ2) is 6.46. The molecular formula is C12H14BrNO4S2. The standard InChI is InChI=1S/C12H14BrNO4S2/c13-9-1-3-11(4-2-9)20(17,18)14-5-6-19-8-10(14)7-12(15)16/h1-4,10H,5-8H2,(H,15,16). The number of nitrogens with zero attached hydrogens (tertiary/aromatic N) is 1. The molecule has 0 amide bonds. The van der Waals surface area contributed by atoms with Gasteiger partial charge in [-0.3, -0.25) is 4.79 Å². The minimum absolute atomic E-state index is 0.164. The largest absolute Gasteiger partial charge is 0.481 e. The fourth-order valence-corrected chi connectivity index (χ4v) is 5.22. The molecule has 1 saturated heterocycles. The highest BCUT2D eigenvalue weighted by atomic mass is 79.9. The lowest BCUT2D eigenvalue weighted by atomic mass is 10.2. The third-order valence-corrected chi connectivity index (χ3v) is 6.59. The zero-order valence-corrected chi connectivity index (χ0v) is 13.7. The normalized spacial score (nSPS) is 20.8. The van der Waals surface area contributed by atoms with Crippen LogP contribution in [0.3, 0.4) is 0 Å². The zero-order chi connectivity index (χ0) is 14.8. The second-order valence-electron chi connectivity index (χ2n) is 4.40. The molecule has 0 spiro atoms. The first-order valence-corrected chi connectivity index (χ1v) is 9.37. The summed E-state index contributed by atoms with van der Waals surface area (Å²) >= 11 is 4.85. The van der Waals surface area contributed by atoms with Gasteiger partial charge in [-0.05, 0) is 24.3 Å². The highest BCUT2D eigenvalue weighted by Crippen LogP contribution is 2.27. The lowest BCUT2D eigenvalue weighted by molar-refractivity contribution is -0.137. The summed E-state index contributed by atoms with van der Waals surface area (Å²) in [5.41, 5.74) is 0. The Labute approximate surface area is 130 Å². The number of carbonyl (C=O) groups is 1. The van der Waals surface area contributed by atoms with Crippen LogP contribution in [-0.4, -0.2) is 47.9 Å². The molecule has 1 N–H and O–H groups in total. The minimum Gasteiger partial charge on any atom is -0.481 e. The average molecular weight is 380 g/mol. The Hall–Kier alpha value is -0.570. The van der Waals surface area contributed by atoms with Gasteiger partial charge in [0.2, 0.25) is 10.0 Å². The van der Waals surface area contributed by atoms with Crippen LogP contribution in [0.1, 0.15) is 6.42 Å². The van der Waals surface area contributed by atoms with E-state index in [-0.39, 0.29) is 11.3 Å². The number of rotatable bonds is 4. The van der Waals surface area contributed by atoms with Crippen molar-refractivity contribution in [2.24, 2.45) is 0 Å². The third-order valence-electron chi connectivity index (χ3n) is 3.00. The van der Waals surface area contributed by atoms with Crippen molar-refractivity contribution in [3.63, 3.8) is 0 Å². The van der Waals surface area contributed by atoms with Gasteiger partial charge in [0.15, 0.2) is 0 Å². The molecule has 0 radical (unpaired) electrons. The Balaban J connectivity index is 2.30. The first kappa shape index (κ1) is 15.8. The Morgan fingerprint density at radius 3 is 2.65 bits per heavy atom. The quantitative estimate of drug-likeness (QED) is 0.865. The van der Waals surface area contributed by atoms with Gasteiger partial charge in [-0.1, -0.05) is 15.9 Å². The summed E-state index contributed by atoms with van der Waals surface area (Å²) in [6, 6.07) is 5.90. The number of carboxylic acid groups (broad SMARTS) is 1. The van der Waals surface area contributed by atoms with Crippen LogP contribution in [0.5, 0.6) is 0 Å². The molecule has 1 aromatic rings. The van der Waals surface area contributed by atoms with Gasteiger partial charge >= 0.3 is 5.97 Å². The van der Waals surface area contributed by atoms with E-state index in [9.17, 15) is 13.2 Å². The number of thioether (sulfide) groups is 1. The van der Waals surface area contributed by atoms with Crippen LogP contribution in [0.4, 0.5) is 0 Å². The van der Waals surface area contributed by atoms with Gasteiger partial charge in [0.25, 0.3) is 0 Å². The summed E-state index contributed by atoms with van der Waals surface area (Å²) < 4.78 is 27.3. The molecule has 0 aliphatic carbocycles. The fourth-order valence-electron chi connectivity index (χ4n) is 2.06. The van der Waals surface area contributed by atoms with Crippen LogP contribution < -0.4 is 0 Å². The van der Waals surface area contributed by atoms with Crippen LogP contribution >= 0.6 is 27.7 Å². The van der Waals surface area contributed by atoms with Gasteiger partial charge in [0.05, 0.1) is 11.3 Å². The van der Waals surface area contributed by atoms with Crippen LogP contribution in [0.25, 0.3) is 0 Å². The summed E-state index contributed by atoms with van der Waals surface area (Å²) in [7, 11) is -3.64. The van der Waals surface area contributed by atoms with E-state index in [0.29, 0.717) is 18.1 Å². The van der Waals surface area contributed by atoms with E-state index in [1.807, 2.05) is 0 Å². The minimum atomic E-state index is -3.64. The molecule has 2 rings (SSSR count). The van der Waals surface area contributed by atoms with E-state index in [2.05, 4.69) is 15.9 Å².